The van der Waals surface area contributed by atoms with Gasteiger partial charge in [-0.05, 0) is 12.1 Å². The summed E-state index contributed by atoms with van der Waals surface area (Å²) >= 11 is 0. The van der Waals surface area contributed by atoms with Gasteiger partial charge in [-0.25, -0.2) is 9.40 Å². The van der Waals surface area contributed by atoms with Gasteiger partial charge in [0.2, 0.25) is 0 Å². The monoisotopic (exact) mass is 361 g/mol. The fraction of sp³-hybridized carbons (Fsp3) is 0.333. The van der Waals surface area contributed by atoms with Gasteiger partial charge in [0.25, 0.3) is 5.91 Å². The van der Waals surface area contributed by atoms with Crippen LogP contribution < -0.4 is 11.2 Å². The predicted octanol–water partition coefficient (Wildman–Crippen LogP) is 0.351. The van der Waals surface area contributed by atoms with E-state index in [0.29, 0.717) is 30.9 Å². The van der Waals surface area contributed by atoms with Crippen LogP contribution in [0.4, 0.5) is 4.39 Å². The quantitative estimate of drug-likeness (QED) is 0.481. The number of carbonyl (C=O) groups is 1. The number of nitrogens with one attached hydrogen (secondary N) is 1. The van der Waals surface area contributed by atoms with E-state index in [0.717, 1.165) is 13.1 Å². The summed E-state index contributed by atoms with van der Waals surface area (Å²) in [5.74, 6) is -0.759. The van der Waals surface area contributed by atoms with Crippen LogP contribution in [0.5, 0.6) is 0 Å². The van der Waals surface area contributed by atoms with Gasteiger partial charge < -0.3 is 10.8 Å². The van der Waals surface area contributed by atoms with Crippen LogP contribution in [-0.4, -0.2) is 66.5 Å². The SMILES string of the molecule is C=C(N=C/C(=C\N)C(=O)NN1CCN(CCO)CC1)c1cccc(F)c1. The summed E-state index contributed by atoms with van der Waals surface area (Å²) in [6.07, 6.45) is 2.48. The van der Waals surface area contributed by atoms with Gasteiger partial charge in [-0.1, -0.05) is 18.7 Å². The zero-order valence-electron chi connectivity index (χ0n) is 14.6. The summed E-state index contributed by atoms with van der Waals surface area (Å²) in [6, 6.07) is 5.89. The number of hydrazine groups is 1. The third-order valence-electron chi connectivity index (χ3n) is 4.01. The van der Waals surface area contributed by atoms with Crippen molar-refractivity contribution < 1.29 is 14.3 Å². The first kappa shape index (κ1) is 19.8. The molecular formula is C18H24FN5O2. The molecule has 7 nitrogen and oxygen atoms in total. The highest BCUT2D eigenvalue weighted by molar-refractivity contribution is 6.12. The van der Waals surface area contributed by atoms with Crippen LogP contribution in [0.2, 0.25) is 0 Å². The van der Waals surface area contributed by atoms with E-state index < -0.39 is 0 Å². The molecule has 1 fully saturated rings. The Morgan fingerprint density at radius 2 is 2.12 bits per heavy atom. The molecule has 2 rings (SSSR count). The summed E-state index contributed by atoms with van der Waals surface area (Å²) < 4.78 is 13.2. The number of nitrogens with zero attached hydrogens (tertiary/aromatic N) is 3. The normalized spacial score (nSPS) is 16.8. The number of rotatable bonds is 7. The lowest BCUT2D eigenvalue weighted by Crippen LogP contribution is -2.54. The average Bonchev–Trinajstić information content (AvgIpc) is 2.64. The second kappa shape index (κ2) is 9.81. The lowest BCUT2D eigenvalue weighted by molar-refractivity contribution is -0.122. The fourth-order valence-electron chi connectivity index (χ4n) is 2.50. The second-order valence-electron chi connectivity index (χ2n) is 5.83. The van der Waals surface area contributed by atoms with E-state index in [1.807, 2.05) is 0 Å². The van der Waals surface area contributed by atoms with Crippen LogP contribution in [0, 0.1) is 5.82 Å². The smallest absolute Gasteiger partial charge is 0.268 e. The van der Waals surface area contributed by atoms with Gasteiger partial charge in [0.15, 0.2) is 0 Å². The fourth-order valence-corrected chi connectivity index (χ4v) is 2.50. The Kier molecular flexibility index (Phi) is 7.46. The van der Waals surface area contributed by atoms with Gasteiger partial charge in [-0.3, -0.25) is 20.1 Å². The molecule has 0 bridgehead atoms. The average molecular weight is 361 g/mol. The number of aliphatic hydroxyl groups excluding tert-OH is 1. The lowest BCUT2D eigenvalue weighted by Gasteiger charge is -2.34. The van der Waals surface area contributed by atoms with Crippen LogP contribution >= 0.6 is 0 Å². The molecule has 0 aliphatic carbocycles. The van der Waals surface area contributed by atoms with Gasteiger partial charge in [0.05, 0.1) is 17.9 Å². The molecule has 0 unspecified atom stereocenters. The van der Waals surface area contributed by atoms with Crippen LogP contribution in [0.15, 0.2) is 47.6 Å². The van der Waals surface area contributed by atoms with Crippen molar-refractivity contribution in [1.82, 2.24) is 15.3 Å². The standard InChI is InChI=1S/C18H24FN5O2/c1-14(15-3-2-4-17(19)11-15)21-13-16(12-20)18(26)22-24-7-5-23(6-8-24)9-10-25/h2-4,11-13,25H,1,5-10,20H2,(H,22,26)/b16-12+,21-13?. The molecule has 4 N–H and O–H groups in total. The molecule has 0 spiro atoms. The number of nitrogens with two attached hydrogens (primary N) is 1. The lowest BCUT2D eigenvalue weighted by atomic mass is 10.2. The van der Waals surface area contributed by atoms with Gasteiger partial charge in [-0.15, -0.1) is 0 Å². The molecule has 1 heterocycles. The molecule has 0 aromatic heterocycles. The third-order valence-corrected chi connectivity index (χ3v) is 4.01. The largest absolute Gasteiger partial charge is 0.404 e. The molecule has 0 saturated carbocycles. The highest BCUT2D eigenvalue weighted by atomic mass is 19.1. The number of halogens is 1. The summed E-state index contributed by atoms with van der Waals surface area (Å²) in [7, 11) is 0. The number of benzene rings is 1. The molecule has 0 atom stereocenters. The van der Waals surface area contributed by atoms with Crippen LogP contribution in [0.25, 0.3) is 5.70 Å². The minimum absolute atomic E-state index is 0.123. The molecule has 140 valence electrons. The number of amides is 1. The Labute approximate surface area is 152 Å². The number of hydrogen-bond acceptors (Lipinski definition) is 6. The maximum atomic E-state index is 13.2. The first-order valence-electron chi connectivity index (χ1n) is 8.33. The molecule has 1 aliphatic rings. The minimum Gasteiger partial charge on any atom is -0.404 e. The Morgan fingerprint density at radius 3 is 2.73 bits per heavy atom. The summed E-state index contributed by atoms with van der Waals surface area (Å²) in [5, 5.41) is 10.7. The van der Waals surface area contributed by atoms with E-state index in [9.17, 15) is 9.18 Å². The molecule has 26 heavy (non-hydrogen) atoms. The second-order valence-corrected chi connectivity index (χ2v) is 5.83. The molecule has 1 aliphatic heterocycles. The molecule has 8 heteroatoms. The topological polar surface area (TPSA) is 94.2 Å². The van der Waals surface area contributed by atoms with Gasteiger partial charge in [0, 0.05) is 50.7 Å². The minimum atomic E-state index is -0.383. The van der Waals surface area contributed by atoms with Gasteiger partial charge in [-0.2, -0.15) is 0 Å². The van der Waals surface area contributed by atoms with Crippen molar-refractivity contribution in [3.05, 3.63) is 54.0 Å². The Hall–Kier alpha value is -2.55. The number of piperazine rings is 1. The number of aliphatic imine (C=N–C) groups is 1. The maximum Gasteiger partial charge on any atom is 0.268 e. The number of hydrogen-bond donors (Lipinski definition) is 3. The number of carbonyl (C=O) groups excluding carboxylic acids is 1. The van der Waals surface area contributed by atoms with Crippen molar-refractivity contribution in [2.45, 2.75) is 0 Å². The van der Waals surface area contributed by atoms with E-state index in [-0.39, 0.29) is 23.9 Å². The van der Waals surface area contributed by atoms with E-state index >= 15 is 0 Å². The predicted molar refractivity (Wildman–Crippen MR) is 99.4 cm³/mol. The van der Waals surface area contributed by atoms with Gasteiger partial charge >= 0.3 is 0 Å². The highest BCUT2D eigenvalue weighted by Crippen LogP contribution is 2.14. The van der Waals surface area contributed by atoms with E-state index in [4.69, 9.17) is 10.8 Å². The van der Waals surface area contributed by atoms with Crippen LogP contribution in [0.3, 0.4) is 0 Å². The zero-order valence-corrected chi connectivity index (χ0v) is 14.6. The van der Waals surface area contributed by atoms with Crippen LogP contribution in [-0.2, 0) is 4.79 Å². The number of aliphatic hydroxyl groups is 1. The first-order valence-corrected chi connectivity index (χ1v) is 8.33. The summed E-state index contributed by atoms with van der Waals surface area (Å²) in [5.41, 5.74) is 9.35. The van der Waals surface area contributed by atoms with E-state index in [2.05, 4.69) is 21.9 Å². The van der Waals surface area contributed by atoms with Crippen molar-refractivity contribution in [2.75, 3.05) is 39.3 Å². The molecule has 1 aromatic carbocycles. The highest BCUT2D eigenvalue weighted by Gasteiger charge is 2.18. The van der Waals surface area contributed by atoms with Crippen molar-refractivity contribution in [3.8, 4) is 0 Å². The summed E-state index contributed by atoms with van der Waals surface area (Å²) in [4.78, 5) is 18.5. The molecule has 0 radical (unpaired) electrons. The Morgan fingerprint density at radius 1 is 1.38 bits per heavy atom. The first-order chi connectivity index (χ1) is 12.5. The van der Waals surface area contributed by atoms with Crippen molar-refractivity contribution in [1.29, 1.82) is 0 Å². The van der Waals surface area contributed by atoms with Crippen molar-refractivity contribution in [3.63, 3.8) is 0 Å². The number of β-amino-alcohol motifs (C(OH)–C–C–N with tert-alkyl or cyclic N) is 1. The Balaban J connectivity index is 1.90. The van der Waals surface area contributed by atoms with Crippen molar-refractivity contribution >= 4 is 17.8 Å². The third kappa shape index (κ3) is 5.76. The molecule has 1 saturated heterocycles. The molecular weight excluding hydrogens is 337 g/mol. The zero-order chi connectivity index (χ0) is 18.9. The molecule has 1 aromatic rings. The van der Waals surface area contributed by atoms with Crippen LogP contribution in [0.1, 0.15) is 5.56 Å². The summed E-state index contributed by atoms with van der Waals surface area (Å²) in [6.45, 7) is 7.34. The van der Waals surface area contributed by atoms with E-state index in [1.54, 1.807) is 17.1 Å². The van der Waals surface area contributed by atoms with Crippen molar-refractivity contribution in [2.24, 2.45) is 10.7 Å². The van der Waals surface area contributed by atoms with E-state index in [1.165, 1.54) is 24.5 Å². The van der Waals surface area contributed by atoms with Gasteiger partial charge in [0.1, 0.15) is 5.82 Å². The Bertz CT molecular complexity index is 697. The molecule has 1 amide bonds. The maximum absolute atomic E-state index is 13.2.